The molecule has 0 fully saturated rings. The van der Waals surface area contributed by atoms with Crippen LogP contribution in [0.25, 0.3) is 22.0 Å². The van der Waals surface area contributed by atoms with Crippen LogP contribution >= 0.6 is 11.3 Å². The highest BCUT2D eigenvalue weighted by Crippen LogP contribution is 2.36. The van der Waals surface area contributed by atoms with Crippen molar-refractivity contribution in [2.45, 2.75) is 34.6 Å². The summed E-state index contributed by atoms with van der Waals surface area (Å²) in [6.45, 7) is 10.4. The number of hydrogen-bond acceptors (Lipinski definition) is 8. The van der Waals surface area contributed by atoms with Crippen molar-refractivity contribution >= 4 is 17.3 Å². The Morgan fingerprint density at radius 3 is 2.68 bits per heavy atom. The van der Waals surface area contributed by atoms with Gasteiger partial charge in [0.05, 0.1) is 24.5 Å². The Morgan fingerprint density at radius 2 is 2.04 bits per heavy atom. The van der Waals surface area contributed by atoms with Crippen molar-refractivity contribution in [1.29, 1.82) is 0 Å². The highest BCUT2D eigenvalue weighted by Gasteiger charge is 2.20. The first-order chi connectivity index (χ1) is 13.4. The summed E-state index contributed by atoms with van der Waals surface area (Å²) in [5.74, 6) is 1.63. The predicted octanol–water partition coefficient (Wildman–Crippen LogP) is 4.69. The summed E-state index contributed by atoms with van der Waals surface area (Å²) in [4.78, 5) is 21.5. The quantitative estimate of drug-likeness (QED) is 0.531. The number of ether oxygens (including phenoxy) is 2. The number of aromatic nitrogens is 3. The number of hydrogen-bond donors (Lipinski definition) is 0. The number of nitrogens with zero attached hydrogens (tertiary/aromatic N) is 3. The summed E-state index contributed by atoms with van der Waals surface area (Å²) in [7, 11) is 0. The third-order valence-electron chi connectivity index (χ3n) is 3.81. The Bertz CT molecular complexity index is 978. The number of benzene rings is 1. The second-order valence-corrected chi connectivity index (χ2v) is 7.72. The van der Waals surface area contributed by atoms with E-state index in [9.17, 15) is 4.79 Å². The van der Waals surface area contributed by atoms with Gasteiger partial charge in [-0.15, -0.1) is 11.3 Å². The van der Waals surface area contributed by atoms with Crippen LogP contribution in [0.5, 0.6) is 5.75 Å². The Balaban J connectivity index is 2.01. The van der Waals surface area contributed by atoms with E-state index in [4.69, 9.17) is 14.0 Å². The van der Waals surface area contributed by atoms with E-state index in [2.05, 4.69) is 29.0 Å². The van der Waals surface area contributed by atoms with Gasteiger partial charge in [-0.2, -0.15) is 4.98 Å². The highest BCUT2D eigenvalue weighted by molar-refractivity contribution is 7.17. The van der Waals surface area contributed by atoms with Crippen molar-refractivity contribution < 1.29 is 18.8 Å². The third-order valence-corrected chi connectivity index (χ3v) is 5.00. The number of thiazole rings is 1. The van der Waals surface area contributed by atoms with Crippen LogP contribution in [-0.4, -0.2) is 34.3 Å². The molecule has 0 radical (unpaired) electrons. The minimum Gasteiger partial charge on any atom is -0.492 e. The fourth-order valence-electron chi connectivity index (χ4n) is 2.52. The number of rotatable bonds is 7. The zero-order valence-electron chi connectivity index (χ0n) is 16.6. The largest absolute Gasteiger partial charge is 0.492 e. The van der Waals surface area contributed by atoms with E-state index in [0.29, 0.717) is 57.7 Å². The number of carbonyl (C=O) groups excluding carboxylic acids is 1. The standard InChI is InChI=1S/C20H23N3O4S/c1-6-25-20(24)17-12(4)21-19(28-17)14-7-8-16(26-10-11(2)3)15(9-14)18-22-13(5)23-27-18/h7-9,11H,6,10H2,1-5H3. The van der Waals surface area contributed by atoms with Crippen LogP contribution < -0.4 is 4.74 Å². The van der Waals surface area contributed by atoms with Gasteiger partial charge in [0.1, 0.15) is 15.6 Å². The van der Waals surface area contributed by atoms with Gasteiger partial charge in [0.25, 0.3) is 5.89 Å². The third kappa shape index (κ3) is 4.39. The topological polar surface area (TPSA) is 87.3 Å². The van der Waals surface area contributed by atoms with Gasteiger partial charge in [0, 0.05) is 5.56 Å². The lowest BCUT2D eigenvalue weighted by Crippen LogP contribution is -2.05. The van der Waals surface area contributed by atoms with E-state index in [-0.39, 0.29) is 5.97 Å². The van der Waals surface area contributed by atoms with Crippen LogP contribution in [0.15, 0.2) is 22.7 Å². The molecule has 0 spiro atoms. The Labute approximate surface area is 167 Å². The van der Waals surface area contributed by atoms with Gasteiger partial charge in [-0.25, -0.2) is 9.78 Å². The number of carbonyl (C=O) groups is 1. The van der Waals surface area contributed by atoms with Crippen LogP contribution in [0, 0.1) is 19.8 Å². The fourth-order valence-corrected chi connectivity index (χ4v) is 3.48. The average molecular weight is 401 g/mol. The number of esters is 1. The molecular weight excluding hydrogens is 378 g/mol. The molecule has 0 saturated heterocycles. The van der Waals surface area contributed by atoms with Gasteiger partial charge >= 0.3 is 5.97 Å². The van der Waals surface area contributed by atoms with E-state index in [0.717, 1.165) is 5.56 Å². The molecule has 3 rings (SSSR count). The van der Waals surface area contributed by atoms with E-state index >= 15 is 0 Å². The van der Waals surface area contributed by atoms with Crippen LogP contribution in [0.4, 0.5) is 0 Å². The van der Waals surface area contributed by atoms with Crippen LogP contribution in [0.3, 0.4) is 0 Å². The van der Waals surface area contributed by atoms with E-state index in [1.54, 1.807) is 20.8 Å². The summed E-state index contributed by atoms with van der Waals surface area (Å²) in [6.07, 6.45) is 0. The lowest BCUT2D eigenvalue weighted by Gasteiger charge is -2.12. The van der Waals surface area contributed by atoms with Crippen molar-refractivity contribution in [2.24, 2.45) is 5.92 Å². The molecule has 0 saturated carbocycles. The van der Waals surface area contributed by atoms with Crippen LogP contribution in [0.1, 0.15) is 42.0 Å². The SMILES string of the molecule is CCOC(=O)c1sc(-c2ccc(OCC(C)C)c(-c3nc(C)no3)c2)nc1C. The van der Waals surface area contributed by atoms with Gasteiger partial charge in [-0.05, 0) is 44.9 Å². The fraction of sp³-hybridized carbons (Fsp3) is 0.400. The zero-order valence-corrected chi connectivity index (χ0v) is 17.4. The molecule has 148 valence electrons. The van der Waals surface area contributed by atoms with Gasteiger partial charge in [-0.1, -0.05) is 19.0 Å². The summed E-state index contributed by atoms with van der Waals surface area (Å²) >= 11 is 1.30. The second kappa shape index (κ2) is 8.52. The molecular formula is C20H23N3O4S. The Morgan fingerprint density at radius 1 is 1.25 bits per heavy atom. The van der Waals surface area contributed by atoms with Gasteiger partial charge in [-0.3, -0.25) is 0 Å². The minimum absolute atomic E-state index is 0.327. The molecule has 0 N–H and O–H groups in total. The lowest BCUT2D eigenvalue weighted by molar-refractivity contribution is 0.0531. The Kier molecular flexibility index (Phi) is 6.08. The maximum absolute atomic E-state index is 12.1. The summed E-state index contributed by atoms with van der Waals surface area (Å²) in [5.41, 5.74) is 2.18. The molecule has 2 aromatic heterocycles. The molecule has 7 nitrogen and oxygen atoms in total. The Hall–Kier alpha value is -2.74. The van der Waals surface area contributed by atoms with Crippen molar-refractivity contribution in [3.63, 3.8) is 0 Å². The average Bonchev–Trinajstić information content (AvgIpc) is 3.26. The van der Waals surface area contributed by atoms with Crippen molar-refractivity contribution in [2.75, 3.05) is 13.2 Å². The molecule has 0 atom stereocenters. The lowest BCUT2D eigenvalue weighted by atomic mass is 10.1. The van der Waals surface area contributed by atoms with Crippen LogP contribution in [0.2, 0.25) is 0 Å². The summed E-state index contributed by atoms with van der Waals surface area (Å²) in [6, 6.07) is 5.68. The normalized spacial score (nSPS) is 11.1. The molecule has 3 aromatic rings. The van der Waals surface area contributed by atoms with E-state index < -0.39 is 0 Å². The van der Waals surface area contributed by atoms with Crippen molar-refractivity contribution in [3.8, 4) is 27.8 Å². The first-order valence-electron chi connectivity index (χ1n) is 9.11. The van der Waals surface area contributed by atoms with Crippen LogP contribution in [-0.2, 0) is 4.74 Å². The smallest absolute Gasteiger partial charge is 0.350 e. The highest BCUT2D eigenvalue weighted by atomic mass is 32.1. The summed E-state index contributed by atoms with van der Waals surface area (Å²) in [5, 5.41) is 4.59. The molecule has 0 aliphatic heterocycles. The second-order valence-electron chi connectivity index (χ2n) is 6.72. The monoisotopic (exact) mass is 401 g/mol. The minimum atomic E-state index is -0.353. The first-order valence-corrected chi connectivity index (χ1v) is 9.93. The van der Waals surface area contributed by atoms with Crippen molar-refractivity contribution in [3.05, 3.63) is 34.6 Å². The zero-order chi connectivity index (χ0) is 20.3. The van der Waals surface area contributed by atoms with E-state index in [1.807, 2.05) is 18.2 Å². The maximum Gasteiger partial charge on any atom is 0.350 e. The van der Waals surface area contributed by atoms with Gasteiger partial charge in [0.15, 0.2) is 5.82 Å². The molecule has 8 heteroatoms. The molecule has 28 heavy (non-hydrogen) atoms. The molecule has 2 heterocycles. The molecule has 0 amide bonds. The maximum atomic E-state index is 12.1. The molecule has 0 unspecified atom stereocenters. The summed E-state index contributed by atoms with van der Waals surface area (Å²) < 4.78 is 16.4. The molecule has 0 aliphatic rings. The first kappa shape index (κ1) is 20.0. The molecule has 0 bridgehead atoms. The number of aryl methyl sites for hydroxylation is 2. The van der Waals surface area contributed by atoms with Crippen molar-refractivity contribution in [1.82, 2.24) is 15.1 Å². The van der Waals surface area contributed by atoms with Gasteiger partial charge < -0.3 is 14.0 Å². The van der Waals surface area contributed by atoms with E-state index in [1.165, 1.54) is 11.3 Å². The molecule has 1 aromatic carbocycles. The predicted molar refractivity (Wildman–Crippen MR) is 107 cm³/mol. The van der Waals surface area contributed by atoms with Gasteiger partial charge in [0.2, 0.25) is 0 Å². The molecule has 0 aliphatic carbocycles.